The fraction of sp³-hybridized carbons (Fsp3) is 0.267. The van der Waals surface area contributed by atoms with Gasteiger partial charge in [-0.05, 0) is 12.1 Å². The van der Waals surface area contributed by atoms with E-state index >= 15 is 0 Å². The van der Waals surface area contributed by atoms with Gasteiger partial charge in [-0.2, -0.15) is 9.97 Å². The van der Waals surface area contributed by atoms with Gasteiger partial charge in [0, 0.05) is 25.3 Å². The first-order chi connectivity index (χ1) is 11.6. The predicted octanol–water partition coefficient (Wildman–Crippen LogP) is 2.33. The molecule has 2 aromatic heterocycles. The van der Waals surface area contributed by atoms with E-state index in [0.717, 1.165) is 0 Å². The molecule has 3 aromatic rings. The fourth-order valence-electron chi connectivity index (χ4n) is 2.01. The highest BCUT2D eigenvalue weighted by Crippen LogP contribution is 2.24. The molecule has 0 saturated carbocycles. The second kappa shape index (κ2) is 7.22. The van der Waals surface area contributed by atoms with Crippen LogP contribution in [0.25, 0.3) is 11.4 Å². The number of carbonyl (C=O) groups excluding carboxylic acids is 1. The highest BCUT2D eigenvalue weighted by atomic mass is 35.5. The Morgan fingerprint density at radius 1 is 1.21 bits per heavy atom. The lowest BCUT2D eigenvalue weighted by Crippen LogP contribution is -2.23. The molecule has 8 nitrogen and oxygen atoms in total. The van der Waals surface area contributed by atoms with Gasteiger partial charge >= 0.3 is 0 Å². The molecular formula is C15H14ClN5O3. The molecule has 0 aliphatic carbocycles. The summed E-state index contributed by atoms with van der Waals surface area (Å²) < 4.78 is 9.98. The minimum absolute atomic E-state index is 0.171. The number of benzene rings is 1. The van der Waals surface area contributed by atoms with Crippen LogP contribution in [0.2, 0.25) is 5.02 Å². The molecule has 1 amide bonds. The van der Waals surface area contributed by atoms with Crippen molar-refractivity contribution in [3.63, 3.8) is 0 Å². The van der Waals surface area contributed by atoms with Crippen LogP contribution in [0.3, 0.4) is 0 Å². The summed E-state index contributed by atoms with van der Waals surface area (Å²) in [5.74, 6) is 1.49. The van der Waals surface area contributed by atoms with Gasteiger partial charge in [0.25, 0.3) is 0 Å². The van der Waals surface area contributed by atoms with Gasteiger partial charge in [0.05, 0.1) is 11.6 Å². The van der Waals surface area contributed by atoms with E-state index in [1.54, 1.807) is 19.1 Å². The molecule has 1 aromatic carbocycles. The first-order valence-electron chi connectivity index (χ1n) is 7.25. The number of aromatic nitrogens is 4. The van der Waals surface area contributed by atoms with Crippen LogP contribution in [0, 0.1) is 6.92 Å². The molecule has 0 bridgehead atoms. The summed E-state index contributed by atoms with van der Waals surface area (Å²) >= 11 is 6.09. The lowest BCUT2D eigenvalue weighted by atomic mass is 10.2. The highest BCUT2D eigenvalue weighted by molar-refractivity contribution is 6.33. The molecule has 0 unspecified atom stereocenters. The maximum Gasteiger partial charge on any atom is 0.227 e. The zero-order chi connectivity index (χ0) is 16.9. The van der Waals surface area contributed by atoms with E-state index in [-0.39, 0.29) is 18.9 Å². The number of nitrogens with one attached hydrogen (secondary N) is 1. The third-order valence-corrected chi connectivity index (χ3v) is 3.49. The summed E-state index contributed by atoms with van der Waals surface area (Å²) in [5, 5.41) is 10.8. The Balaban J connectivity index is 1.52. The van der Waals surface area contributed by atoms with Gasteiger partial charge in [-0.1, -0.05) is 34.0 Å². The van der Waals surface area contributed by atoms with Gasteiger partial charge in [-0.3, -0.25) is 4.79 Å². The third kappa shape index (κ3) is 3.96. The molecule has 9 heteroatoms. The number of hydrogen-bond donors (Lipinski definition) is 1. The molecule has 3 rings (SSSR count). The van der Waals surface area contributed by atoms with Crippen LogP contribution in [0.4, 0.5) is 0 Å². The Bertz CT molecular complexity index is 845. The van der Waals surface area contributed by atoms with Gasteiger partial charge < -0.3 is 14.4 Å². The van der Waals surface area contributed by atoms with Crippen molar-refractivity contribution in [1.82, 2.24) is 25.6 Å². The van der Waals surface area contributed by atoms with E-state index in [1.807, 2.05) is 12.1 Å². The molecule has 124 valence electrons. The normalized spacial score (nSPS) is 10.8. The number of amides is 1. The molecule has 0 radical (unpaired) electrons. The average Bonchev–Trinajstić information content (AvgIpc) is 3.20. The fourth-order valence-corrected chi connectivity index (χ4v) is 2.23. The zero-order valence-electron chi connectivity index (χ0n) is 12.8. The molecule has 24 heavy (non-hydrogen) atoms. The van der Waals surface area contributed by atoms with Crippen molar-refractivity contribution in [2.45, 2.75) is 26.3 Å². The van der Waals surface area contributed by atoms with Crippen molar-refractivity contribution >= 4 is 17.5 Å². The molecule has 0 saturated heterocycles. The topological polar surface area (TPSA) is 107 Å². The van der Waals surface area contributed by atoms with Gasteiger partial charge in [-0.15, -0.1) is 0 Å². The minimum Gasteiger partial charge on any atom is -0.349 e. The molecule has 0 atom stereocenters. The first-order valence-corrected chi connectivity index (χ1v) is 7.63. The van der Waals surface area contributed by atoms with Gasteiger partial charge in [0.15, 0.2) is 5.82 Å². The van der Waals surface area contributed by atoms with E-state index in [0.29, 0.717) is 40.4 Å². The van der Waals surface area contributed by atoms with Crippen molar-refractivity contribution in [1.29, 1.82) is 0 Å². The maximum atomic E-state index is 11.8. The number of rotatable bonds is 6. The minimum atomic E-state index is -0.171. The average molecular weight is 348 g/mol. The molecule has 0 aliphatic rings. The number of aryl methyl sites for hydroxylation is 2. The first kappa shape index (κ1) is 16.1. The van der Waals surface area contributed by atoms with Crippen molar-refractivity contribution in [3.8, 4) is 11.4 Å². The van der Waals surface area contributed by atoms with Crippen molar-refractivity contribution in [3.05, 3.63) is 46.9 Å². The largest absolute Gasteiger partial charge is 0.349 e. The molecule has 0 spiro atoms. The van der Waals surface area contributed by atoms with Crippen molar-refractivity contribution in [2.24, 2.45) is 0 Å². The SMILES string of the molecule is Cc1nc(CNC(=O)CCc2nc(-c3ccccc3Cl)no2)no1. The molecule has 0 fully saturated rings. The zero-order valence-corrected chi connectivity index (χ0v) is 13.6. The van der Waals surface area contributed by atoms with Gasteiger partial charge in [0.1, 0.15) is 0 Å². The summed E-state index contributed by atoms with van der Waals surface area (Å²) in [7, 11) is 0. The van der Waals surface area contributed by atoms with Gasteiger partial charge in [-0.25, -0.2) is 0 Å². The predicted molar refractivity (Wildman–Crippen MR) is 83.9 cm³/mol. The van der Waals surface area contributed by atoms with Crippen LogP contribution in [0.1, 0.15) is 24.0 Å². The summed E-state index contributed by atoms with van der Waals surface area (Å²) in [6.45, 7) is 1.90. The lowest BCUT2D eigenvalue weighted by molar-refractivity contribution is -0.121. The molecule has 1 N–H and O–H groups in total. The Hall–Kier alpha value is -2.74. The second-order valence-electron chi connectivity index (χ2n) is 5.00. The Morgan fingerprint density at radius 2 is 2.04 bits per heavy atom. The van der Waals surface area contributed by atoms with Crippen molar-refractivity contribution < 1.29 is 13.8 Å². The van der Waals surface area contributed by atoms with Crippen LogP contribution < -0.4 is 5.32 Å². The van der Waals surface area contributed by atoms with E-state index in [1.165, 1.54) is 0 Å². The summed E-state index contributed by atoms with van der Waals surface area (Å²) in [5.41, 5.74) is 0.686. The monoisotopic (exact) mass is 347 g/mol. The Labute approximate surface area is 142 Å². The Kier molecular flexibility index (Phi) is 4.85. The van der Waals surface area contributed by atoms with Gasteiger partial charge in [0.2, 0.25) is 23.5 Å². The number of halogens is 1. The van der Waals surface area contributed by atoms with Crippen LogP contribution in [-0.4, -0.2) is 26.2 Å². The number of hydrogen-bond acceptors (Lipinski definition) is 7. The molecule has 2 heterocycles. The summed E-state index contributed by atoms with van der Waals surface area (Å²) in [6, 6.07) is 7.21. The van der Waals surface area contributed by atoms with E-state index in [4.69, 9.17) is 20.6 Å². The summed E-state index contributed by atoms with van der Waals surface area (Å²) in [6.07, 6.45) is 0.537. The lowest BCUT2D eigenvalue weighted by Gasteiger charge is -2.00. The summed E-state index contributed by atoms with van der Waals surface area (Å²) in [4.78, 5) is 20.1. The Morgan fingerprint density at radius 3 is 2.79 bits per heavy atom. The van der Waals surface area contributed by atoms with E-state index < -0.39 is 0 Å². The maximum absolute atomic E-state index is 11.8. The van der Waals surface area contributed by atoms with Crippen LogP contribution >= 0.6 is 11.6 Å². The standard InChI is InChI=1S/C15H14ClN5O3/c1-9-18-12(20-23-9)8-17-13(22)6-7-14-19-15(21-24-14)10-4-2-3-5-11(10)16/h2-5H,6-8H2,1H3,(H,17,22). The molecular weight excluding hydrogens is 334 g/mol. The highest BCUT2D eigenvalue weighted by Gasteiger charge is 2.13. The van der Waals surface area contributed by atoms with Crippen LogP contribution in [0.5, 0.6) is 0 Å². The number of nitrogens with zero attached hydrogens (tertiary/aromatic N) is 4. The van der Waals surface area contributed by atoms with E-state index in [9.17, 15) is 4.79 Å². The van der Waals surface area contributed by atoms with Crippen molar-refractivity contribution in [2.75, 3.05) is 0 Å². The van der Waals surface area contributed by atoms with E-state index in [2.05, 4.69) is 25.6 Å². The number of carbonyl (C=O) groups is 1. The second-order valence-corrected chi connectivity index (χ2v) is 5.41. The smallest absolute Gasteiger partial charge is 0.227 e. The molecule has 0 aliphatic heterocycles. The third-order valence-electron chi connectivity index (χ3n) is 3.16. The van der Waals surface area contributed by atoms with Crippen LogP contribution in [0.15, 0.2) is 33.3 Å². The quantitative estimate of drug-likeness (QED) is 0.729. The van der Waals surface area contributed by atoms with Crippen LogP contribution in [-0.2, 0) is 17.8 Å².